The number of nitrogens with one attached hydrogen (secondary N) is 3. The van der Waals surface area contributed by atoms with Gasteiger partial charge in [-0.25, -0.2) is 9.79 Å². The van der Waals surface area contributed by atoms with Crippen LogP contribution in [0.25, 0.3) is 0 Å². The third-order valence-electron chi connectivity index (χ3n) is 5.93. The number of aromatic nitrogens is 1. The van der Waals surface area contributed by atoms with Crippen LogP contribution in [0.3, 0.4) is 0 Å². The second-order valence-corrected chi connectivity index (χ2v) is 9.64. The summed E-state index contributed by atoms with van der Waals surface area (Å²) in [5.74, 6) is -0.640. The van der Waals surface area contributed by atoms with Gasteiger partial charge in [0.2, 0.25) is 6.17 Å². The highest BCUT2D eigenvalue weighted by molar-refractivity contribution is 6.20. The van der Waals surface area contributed by atoms with Crippen LogP contribution >= 0.6 is 0 Å². The Morgan fingerprint density at radius 2 is 1.70 bits per heavy atom. The summed E-state index contributed by atoms with van der Waals surface area (Å²) >= 11 is 0. The number of urea groups is 1. The van der Waals surface area contributed by atoms with Crippen LogP contribution in [0, 0.1) is 5.41 Å². The van der Waals surface area contributed by atoms with E-state index in [1.165, 1.54) is 4.90 Å². The van der Waals surface area contributed by atoms with Crippen LogP contribution in [0.1, 0.15) is 32.0 Å². The monoisotopic (exact) mass is 498 g/mol. The lowest BCUT2D eigenvalue weighted by atomic mass is 9.90. The summed E-state index contributed by atoms with van der Waals surface area (Å²) in [6.45, 7) is 5.26. The Kier molecular flexibility index (Phi) is 7.33. The van der Waals surface area contributed by atoms with E-state index >= 15 is 0 Å². The molecule has 4 rings (SSSR count). The smallest absolute Gasteiger partial charge is 0.321 e. The SMILES string of the molecule is CNc1cccc(NC(=O)N[C@H]2N=C(c3ccccn3)c3ccccc3N(CC(=O)C(C)(C)C)C2=O)c1. The van der Waals surface area contributed by atoms with Crippen molar-refractivity contribution in [3.8, 4) is 0 Å². The predicted octanol–water partition coefficient (Wildman–Crippen LogP) is 4.07. The topological polar surface area (TPSA) is 116 Å². The number of para-hydroxylation sites is 1. The zero-order valence-electron chi connectivity index (χ0n) is 21.3. The zero-order valence-corrected chi connectivity index (χ0v) is 21.3. The lowest BCUT2D eigenvalue weighted by Gasteiger charge is -2.28. The van der Waals surface area contributed by atoms with Gasteiger partial charge in [-0.3, -0.25) is 14.6 Å². The number of anilines is 3. The maximum absolute atomic E-state index is 13.8. The number of aliphatic imine (C=N–C) groups is 1. The van der Waals surface area contributed by atoms with Crippen molar-refractivity contribution in [3.05, 3.63) is 84.2 Å². The highest BCUT2D eigenvalue weighted by Gasteiger charge is 2.36. The molecule has 0 bridgehead atoms. The molecule has 1 atom stereocenters. The maximum Gasteiger partial charge on any atom is 0.321 e. The fourth-order valence-electron chi connectivity index (χ4n) is 3.82. The summed E-state index contributed by atoms with van der Waals surface area (Å²) in [6.07, 6.45) is 0.350. The van der Waals surface area contributed by atoms with E-state index < -0.39 is 23.5 Å². The van der Waals surface area contributed by atoms with Gasteiger partial charge < -0.3 is 20.9 Å². The Labute approximate surface area is 216 Å². The van der Waals surface area contributed by atoms with Crippen LogP contribution in [0.5, 0.6) is 0 Å². The van der Waals surface area contributed by atoms with Crippen LogP contribution in [-0.4, -0.2) is 48.2 Å². The Bertz CT molecular complexity index is 1350. The van der Waals surface area contributed by atoms with E-state index in [-0.39, 0.29) is 12.3 Å². The second-order valence-electron chi connectivity index (χ2n) is 9.64. The third-order valence-corrected chi connectivity index (χ3v) is 5.93. The minimum atomic E-state index is -1.29. The van der Waals surface area contributed by atoms with Crippen molar-refractivity contribution in [1.82, 2.24) is 10.3 Å². The molecule has 3 aromatic rings. The van der Waals surface area contributed by atoms with E-state index in [0.29, 0.717) is 28.3 Å². The highest BCUT2D eigenvalue weighted by atomic mass is 16.2. The maximum atomic E-state index is 13.8. The van der Waals surface area contributed by atoms with Crippen LogP contribution in [0.2, 0.25) is 0 Å². The highest BCUT2D eigenvalue weighted by Crippen LogP contribution is 2.29. The van der Waals surface area contributed by atoms with Gasteiger partial charge in [-0.1, -0.05) is 51.1 Å². The van der Waals surface area contributed by atoms with Gasteiger partial charge in [-0.2, -0.15) is 0 Å². The van der Waals surface area contributed by atoms with Gasteiger partial charge in [0.25, 0.3) is 5.91 Å². The van der Waals surface area contributed by atoms with E-state index in [1.54, 1.807) is 55.7 Å². The molecule has 9 heteroatoms. The van der Waals surface area contributed by atoms with Gasteiger partial charge in [0.15, 0.2) is 5.78 Å². The fraction of sp³-hybridized carbons (Fsp3) is 0.250. The van der Waals surface area contributed by atoms with Crippen molar-refractivity contribution in [2.45, 2.75) is 26.9 Å². The second kappa shape index (κ2) is 10.6. The van der Waals surface area contributed by atoms with Crippen molar-refractivity contribution in [2.75, 3.05) is 29.1 Å². The van der Waals surface area contributed by atoms with Crippen molar-refractivity contribution >= 4 is 40.5 Å². The van der Waals surface area contributed by atoms with Crippen molar-refractivity contribution in [3.63, 3.8) is 0 Å². The van der Waals surface area contributed by atoms with Gasteiger partial charge in [-0.15, -0.1) is 0 Å². The van der Waals surface area contributed by atoms with Crippen LogP contribution in [-0.2, 0) is 9.59 Å². The first kappa shape index (κ1) is 25.6. The van der Waals surface area contributed by atoms with Crippen LogP contribution in [0.15, 0.2) is 77.9 Å². The number of hydrogen-bond acceptors (Lipinski definition) is 6. The molecule has 37 heavy (non-hydrogen) atoms. The summed E-state index contributed by atoms with van der Waals surface area (Å²) in [4.78, 5) is 50.3. The Morgan fingerprint density at radius 1 is 0.973 bits per heavy atom. The first-order valence-electron chi connectivity index (χ1n) is 12.0. The lowest BCUT2D eigenvalue weighted by Crippen LogP contribution is -2.50. The number of fused-ring (bicyclic) bond motifs is 1. The van der Waals surface area contributed by atoms with Gasteiger partial charge in [0, 0.05) is 35.6 Å². The van der Waals surface area contributed by atoms with E-state index in [2.05, 4.69) is 25.9 Å². The van der Waals surface area contributed by atoms with Crippen molar-refractivity contribution in [2.24, 2.45) is 10.4 Å². The molecule has 3 amide bonds. The van der Waals surface area contributed by atoms with Crippen molar-refractivity contribution in [1.29, 1.82) is 0 Å². The van der Waals surface area contributed by atoms with Crippen LogP contribution < -0.4 is 20.9 Å². The van der Waals surface area contributed by atoms with Gasteiger partial charge >= 0.3 is 6.03 Å². The summed E-state index contributed by atoms with van der Waals surface area (Å²) in [7, 11) is 1.78. The summed E-state index contributed by atoms with van der Waals surface area (Å²) in [5.41, 5.74) is 2.86. The molecule has 0 saturated carbocycles. The number of ketones is 1. The number of hydrogen-bond donors (Lipinski definition) is 3. The molecule has 1 aromatic heterocycles. The Morgan fingerprint density at radius 3 is 2.41 bits per heavy atom. The molecule has 9 nitrogen and oxygen atoms in total. The number of nitrogens with zero attached hydrogens (tertiary/aromatic N) is 3. The van der Waals surface area contributed by atoms with Gasteiger partial charge in [0.05, 0.1) is 23.6 Å². The lowest BCUT2D eigenvalue weighted by molar-refractivity contribution is -0.127. The average molecular weight is 499 g/mol. The Hall–Kier alpha value is -4.53. The Balaban J connectivity index is 1.74. The summed E-state index contributed by atoms with van der Waals surface area (Å²) in [6, 6.07) is 19.2. The van der Waals surface area contributed by atoms with E-state index in [0.717, 1.165) is 5.69 Å². The third kappa shape index (κ3) is 5.83. The molecule has 0 aliphatic carbocycles. The van der Waals surface area contributed by atoms with Crippen molar-refractivity contribution < 1.29 is 14.4 Å². The molecule has 0 radical (unpaired) electrons. The standard InChI is InChI=1S/C28H30N6O3/c1-28(2,3)23(35)17-34-22-14-6-5-12-20(22)24(21-13-7-8-15-30-21)32-25(26(34)36)33-27(37)31-19-11-9-10-18(16-19)29-4/h5-16,25,29H,17H2,1-4H3,(H2,31,33,37)/t25-/m1/s1. The fourth-order valence-corrected chi connectivity index (χ4v) is 3.82. The predicted molar refractivity (Wildman–Crippen MR) is 145 cm³/mol. The molecule has 1 aliphatic rings. The number of Topliss-reactive ketones (excluding diaryl/α,β-unsaturated/α-hetero) is 1. The van der Waals surface area contributed by atoms with Gasteiger partial charge in [0.1, 0.15) is 0 Å². The molecular formula is C28H30N6O3. The molecule has 2 heterocycles. The van der Waals surface area contributed by atoms with Crippen LogP contribution in [0.4, 0.5) is 21.9 Å². The first-order chi connectivity index (χ1) is 17.7. The molecule has 3 N–H and O–H groups in total. The summed E-state index contributed by atoms with van der Waals surface area (Å²) in [5, 5.41) is 8.45. The molecule has 0 saturated heterocycles. The molecule has 2 aromatic carbocycles. The molecular weight excluding hydrogens is 468 g/mol. The number of benzene rings is 2. The molecule has 0 unspecified atom stereocenters. The number of pyridine rings is 1. The summed E-state index contributed by atoms with van der Waals surface area (Å²) < 4.78 is 0. The largest absolute Gasteiger partial charge is 0.388 e. The van der Waals surface area contributed by atoms with Gasteiger partial charge in [-0.05, 0) is 36.4 Å². The normalized spacial score (nSPS) is 15.2. The van der Waals surface area contributed by atoms with E-state index in [4.69, 9.17) is 0 Å². The number of carbonyl (C=O) groups excluding carboxylic acids is 3. The average Bonchev–Trinajstić information content (AvgIpc) is 2.99. The molecule has 0 spiro atoms. The zero-order chi connectivity index (χ0) is 26.6. The molecule has 0 fully saturated rings. The number of amides is 3. The number of benzodiazepines with no additional fused rings is 1. The molecule has 190 valence electrons. The number of rotatable bonds is 6. The minimum absolute atomic E-state index is 0.121. The van der Waals surface area contributed by atoms with E-state index in [1.807, 2.05) is 45.0 Å². The number of carbonyl (C=O) groups is 3. The molecule has 1 aliphatic heterocycles. The minimum Gasteiger partial charge on any atom is -0.388 e. The van der Waals surface area contributed by atoms with E-state index in [9.17, 15) is 14.4 Å². The first-order valence-corrected chi connectivity index (χ1v) is 12.0. The quantitative estimate of drug-likeness (QED) is 0.474.